The molecule has 16 heavy (non-hydrogen) atoms. The normalized spacial score (nSPS) is 10.5. The van der Waals surface area contributed by atoms with E-state index in [-0.39, 0.29) is 0 Å². The Kier molecular flexibility index (Phi) is 2.96. The zero-order chi connectivity index (χ0) is 11.7. The van der Waals surface area contributed by atoms with Gasteiger partial charge in [-0.3, -0.25) is 0 Å². The van der Waals surface area contributed by atoms with Crippen molar-refractivity contribution in [3.05, 3.63) is 22.6 Å². The monoisotopic (exact) mass is 282 g/mol. The first-order valence-electron chi connectivity index (χ1n) is 4.71. The molecular weight excluding hydrogens is 272 g/mol. The molecule has 0 bridgehead atoms. The van der Waals surface area contributed by atoms with Gasteiger partial charge in [-0.05, 0) is 28.9 Å². The highest BCUT2D eigenvalue weighted by molar-refractivity contribution is 9.10. The fourth-order valence-corrected chi connectivity index (χ4v) is 2.10. The molecule has 0 N–H and O–H groups in total. The summed E-state index contributed by atoms with van der Waals surface area (Å²) in [6.07, 6.45) is 0. The first-order valence-corrected chi connectivity index (χ1v) is 5.51. The summed E-state index contributed by atoms with van der Waals surface area (Å²) in [4.78, 5) is 8.59. The maximum Gasteiger partial charge on any atom is 0.162 e. The van der Waals surface area contributed by atoms with Gasteiger partial charge in [0, 0.05) is 11.5 Å². The van der Waals surface area contributed by atoms with Gasteiger partial charge in [0.15, 0.2) is 11.5 Å². The van der Waals surface area contributed by atoms with Crippen LogP contribution in [0, 0.1) is 6.92 Å². The zero-order valence-corrected chi connectivity index (χ0v) is 10.8. The van der Waals surface area contributed by atoms with Gasteiger partial charge in [-0.25, -0.2) is 9.97 Å². The number of rotatable bonds is 2. The quantitative estimate of drug-likeness (QED) is 0.795. The van der Waals surface area contributed by atoms with Crippen molar-refractivity contribution in [2.75, 3.05) is 14.2 Å². The molecule has 1 heterocycles. The lowest BCUT2D eigenvalue weighted by Crippen LogP contribution is -1.94. The van der Waals surface area contributed by atoms with Crippen molar-refractivity contribution in [3.63, 3.8) is 0 Å². The molecule has 0 saturated heterocycles. The summed E-state index contributed by atoms with van der Waals surface area (Å²) in [5.41, 5.74) is 0.831. The van der Waals surface area contributed by atoms with Crippen molar-refractivity contribution in [2.24, 2.45) is 0 Å². The van der Waals surface area contributed by atoms with Crippen LogP contribution in [-0.2, 0) is 0 Å². The number of aryl methyl sites for hydroxylation is 1. The summed E-state index contributed by atoms with van der Waals surface area (Å²) in [6.45, 7) is 1.85. The molecule has 2 aromatic rings. The Morgan fingerprint density at radius 1 is 1.06 bits per heavy atom. The first-order chi connectivity index (χ1) is 7.65. The van der Waals surface area contributed by atoms with Crippen LogP contribution in [0.25, 0.3) is 10.9 Å². The van der Waals surface area contributed by atoms with Crippen LogP contribution in [0.3, 0.4) is 0 Å². The van der Waals surface area contributed by atoms with Crippen LogP contribution in [0.1, 0.15) is 5.82 Å². The summed E-state index contributed by atoms with van der Waals surface area (Å²) in [5, 5.41) is 0.906. The molecule has 84 valence electrons. The van der Waals surface area contributed by atoms with Gasteiger partial charge in [-0.2, -0.15) is 0 Å². The van der Waals surface area contributed by atoms with Gasteiger partial charge in [0.05, 0.1) is 19.7 Å². The van der Waals surface area contributed by atoms with Gasteiger partial charge >= 0.3 is 0 Å². The first kappa shape index (κ1) is 11.1. The average Bonchev–Trinajstić information content (AvgIpc) is 2.27. The second-order valence-corrected chi connectivity index (χ2v) is 4.04. The summed E-state index contributed by atoms with van der Waals surface area (Å²) in [6, 6.07) is 3.70. The number of halogens is 1. The smallest absolute Gasteiger partial charge is 0.162 e. The van der Waals surface area contributed by atoms with Crippen LogP contribution in [0.4, 0.5) is 0 Å². The van der Waals surface area contributed by atoms with Gasteiger partial charge < -0.3 is 9.47 Å². The van der Waals surface area contributed by atoms with Gasteiger partial charge in [0.1, 0.15) is 10.4 Å². The largest absolute Gasteiger partial charge is 0.493 e. The van der Waals surface area contributed by atoms with E-state index >= 15 is 0 Å². The summed E-state index contributed by atoms with van der Waals surface area (Å²) in [7, 11) is 3.21. The Labute approximate surface area is 102 Å². The van der Waals surface area contributed by atoms with Crippen LogP contribution in [0.5, 0.6) is 11.5 Å². The van der Waals surface area contributed by atoms with Gasteiger partial charge in [0.25, 0.3) is 0 Å². The number of aromatic nitrogens is 2. The van der Waals surface area contributed by atoms with E-state index in [2.05, 4.69) is 25.9 Å². The van der Waals surface area contributed by atoms with Crippen LogP contribution in [0.2, 0.25) is 0 Å². The third-order valence-corrected chi connectivity index (χ3v) is 2.87. The molecule has 0 saturated carbocycles. The maximum absolute atomic E-state index is 5.23. The van der Waals surface area contributed by atoms with Crippen LogP contribution in [-0.4, -0.2) is 24.2 Å². The summed E-state index contributed by atoms with van der Waals surface area (Å²) >= 11 is 3.41. The minimum absolute atomic E-state index is 0.667. The molecule has 0 aliphatic heterocycles. The number of ether oxygens (including phenoxy) is 2. The lowest BCUT2D eigenvalue weighted by atomic mass is 10.2. The number of hydrogen-bond donors (Lipinski definition) is 0. The number of methoxy groups -OCH3 is 2. The van der Waals surface area contributed by atoms with Crippen LogP contribution >= 0.6 is 15.9 Å². The third-order valence-electron chi connectivity index (χ3n) is 2.27. The predicted octanol–water partition coefficient (Wildman–Crippen LogP) is 2.72. The van der Waals surface area contributed by atoms with E-state index in [0.29, 0.717) is 17.3 Å². The van der Waals surface area contributed by atoms with Crippen molar-refractivity contribution in [2.45, 2.75) is 6.92 Å². The van der Waals surface area contributed by atoms with E-state index in [4.69, 9.17) is 9.47 Å². The van der Waals surface area contributed by atoms with Crippen LogP contribution in [0.15, 0.2) is 16.7 Å². The number of nitrogens with zero attached hydrogens (tertiary/aromatic N) is 2. The molecule has 0 amide bonds. The van der Waals surface area contributed by atoms with Crippen molar-refractivity contribution < 1.29 is 9.47 Å². The fourth-order valence-electron chi connectivity index (χ4n) is 1.53. The molecule has 0 atom stereocenters. The SMILES string of the molecule is COc1cc2nc(C)nc(Br)c2cc1OC. The Hall–Kier alpha value is -1.36. The highest BCUT2D eigenvalue weighted by atomic mass is 79.9. The number of hydrogen-bond acceptors (Lipinski definition) is 4. The highest BCUT2D eigenvalue weighted by Crippen LogP contribution is 2.33. The highest BCUT2D eigenvalue weighted by Gasteiger charge is 2.10. The van der Waals surface area contributed by atoms with Crippen LogP contribution < -0.4 is 9.47 Å². The molecule has 5 heteroatoms. The van der Waals surface area contributed by atoms with Gasteiger partial charge in [-0.1, -0.05) is 0 Å². The Morgan fingerprint density at radius 3 is 2.31 bits per heavy atom. The maximum atomic E-state index is 5.23. The lowest BCUT2D eigenvalue weighted by Gasteiger charge is -2.09. The predicted molar refractivity (Wildman–Crippen MR) is 65.1 cm³/mol. The lowest BCUT2D eigenvalue weighted by molar-refractivity contribution is 0.355. The molecular formula is C11H11BrN2O2. The molecule has 0 fully saturated rings. The van der Waals surface area contributed by atoms with E-state index in [9.17, 15) is 0 Å². The van der Waals surface area contributed by atoms with E-state index in [1.807, 2.05) is 19.1 Å². The molecule has 0 unspecified atom stereocenters. The van der Waals surface area contributed by atoms with E-state index in [1.54, 1.807) is 14.2 Å². The summed E-state index contributed by atoms with van der Waals surface area (Å²) < 4.78 is 11.2. The van der Waals surface area contributed by atoms with Crippen molar-refractivity contribution in [1.82, 2.24) is 9.97 Å². The fraction of sp³-hybridized carbons (Fsp3) is 0.273. The number of fused-ring (bicyclic) bond motifs is 1. The van der Waals surface area contributed by atoms with Crippen molar-refractivity contribution in [1.29, 1.82) is 0 Å². The molecule has 0 spiro atoms. The molecule has 1 aromatic carbocycles. The van der Waals surface area contributed by atoms with E-state index in [0.717, 1.165) is 15.5 Å². The Bertz CT molecular complexity index is 543. The summed E-state index contributed by atoms with van der Waals surface area (Å²) in [5.74, 6) is 2.05. The average molecular weight is 283 g/mol. The third kappa shape index (κ3) is 1.82. The minimum Gasteiger partial charge on any atom is -0.493 e. The Morgan fingerprint density at radius 2 is 1.69 bits per heavy atom. The topological polar surface area (TPSA) is 44.2 Å². The zero-order valence-electron chi connectivity index (χ0n) is 9.24. The standard InChI is InChI=1S/C11H11BrN2O2/c1-6-13-8-5-10(16-3)9(15-2)4-7(8)11(12)14-6/h4-5H,1-3H3. The van der Waals surface area contributed by atoms with Crippen molar-refractivity contribution >= 4 is 26.8 Å². The van der Waals surface area contributed by atoms with Gasteiger partial charge in [0.2, 0.25) is 0 Å². The van der Waals surface area contributed by atoms with Gasteiger partial charge in [-0.15, -0.1) is 0 Å². The molecule has 0 aliphatic carbocycles. The molecule has 0 aliphatic rings. The van der Waals surface area contributed by atoms with E-state index in [1.165, 1.54) is 0 Å². The minimum atomic E-state index is 0.667. The molecule has 4 nitrogen and oxygen atoms in total. The van der Waals surface area contributed by atoms with E-state index < -0.39 is 0 Å². The molecule has 2 rings (SSSR count). The van der Waals surface area contributed by atoms with Crippen molar-refractivity contribution in [3.8, 4) is 11.5 Å². The number of benzene rings is 1. The molecule has 1 aromatic heterocycles. The molecule has 0 radical (unpaired) electrons. The Balaban J connectivity index is 2.78. The second-order valence-electron chi connectivity index (χ2n) is 3.29. The second kappa shape index (κ2) is 4.25.